The SMILES string of the molecule is O=C(NCCCC[C@H]1CN=C(c2cccc(O)c2O)N1)c1c(O)cccc1F. The molecule has 0 saturated carbocycles. The van der Waals surface area contributed by atoms with Crippen LogP contribution in [0, 0.1) is 5.82 Å². The van der Waals surface area contributed by atoms with Crippen molar-refractivity contribution in [1.82, 2.24) is 10.6 Å². The topological polar surface area (TPSA) is 114 Å². The van der Waals surface area contributed by atoms with Crippen LogP contribution in [0.4, 0.5) is 4.39 Å². The number of halogens is 1. The van der Waals surface area contributed by atoms with Crippen molar-refractivity contribution >= 4 is 11.7 Å². The van der Waals surface area contributed by atoms with Gasteiger partial charge in [0.15, 0.2) is 11.5 Å². The molecule has 7 nitrogen and oxygen atoms in total. The molecule has 1 atom stereocenters. The van der Waals surface area contributed by atoms with E-state index in [4.69, 9.17) is 0 Å². The second kappa shape index (κ2) is 8.60. The first-order valence-corrected chi connectivity index (χ1v) is 9.05. The number of benzene rings is 2. The molecule has 0 bridgehead atoms. The number of phenols is 3. The molecule has 0 saturated heterocycles. The minimum absolute atomic E-state index is 0.100. The van der Waals surface area contributed by atoms with Crippen LogP contribution in [0.3, 0.4) is 0 Å². The van der Waals surface area contributed by atoms with E-state index in [2.05, 4.69) is 15.6 Å². The summed E-state index contributed by atoms with van der Waals surface area (Å²) in [6.45, 7) is 0.917. The minimum Gasteiger partial charge on any atom is -0.507 e. The number of carbonyl (C=O) groups excluding carboxylic acids is 1. The molecule has 2 aromatic rings. The highest BCUT2D eigenvalue weighted by Crippen LogP contribution is 2.29. The molecule has 1 aliphatic heterocycles. The maximum atomic E-state index is 13.6. The Hall–Kier alpha value is -3.29. The maximum absolute atomic E-state index is 13.6. The minimum atomic E-state index is -0.757. The molecule has 1 aliphatic rings. The van der Waals surface area contributed by atoms with E-state index in [-0.39, 0.29) is 28.9 Å². The number of carbonyl (C=O) groups is 1. The summed E-state index contributed by atoms with van der Waals surface area (Å²) in [7, 11) is 0. The zero-order valence-corrected chi connectivity index (χ0v) is 15.2. The molecule has 1 amide bonds. The van der Waals surface area contributed by atoms with Crippen molar-refractivity contribution in [2.24, 2.45) is 4.99 Å². The van der Waals surface area contributed by atoms with E-state index in [1.165, 1.54) is 18.2 Å². The van der Waals surface area contributed by atoms with E-state index >= 15 is 0 Å². The lowest BCUT2D eigenvalue weighted by atomic mass is 10.1. The third-order valence-electron chi connectivity index (χ3n) is 4.56. The van der Waals surface area contributed by atoms with E-state index in [9.17, 15) is 24.5 Å². The first-order valence-electron chi connectivity index (χ1n) is 9.05. The average molecular weight is 387 g/mol. The van der Waals surface area contributed by atoms with Crippen LogP contribution >= 0.6 is 0 Å². The van der Waals surface area contributed by atoms with Crippen molar-refractivity contribution in [2.45, 2.75) is 25.3 Å². The Balaban J connectivity index is 1.40. The van der Waals surface area contributed by atoms with Gasteiger partial charge in [-0.25, -0.2) is 4.39 Å². The number of nitrogens with one attached hydrogen (secondary N) is 2. The third kappa shape index (κ3) is 4.33. The Labute approximate surface area is 161 Å². The third-order valence-corrected chi connectivity index (χ3v) is 4.56. The van der Waals surface area contributed by atoms with Crippen molar-refractivity contribution in [3.05, 3.63) is 53.3 Å². The summed E-state index contributed by atoms with van der Waals surface area (Å²) in [4.78, 5) is 16.3. The fourth-order valence-electron chi connectivity index (χ4n) is 3.08. The summed E-state index contributed by atoms with van der Waals surface area (Å²) in [5, 5.41) is 34.9. The summed E-state index contributed by atoms with van der Waals surface area (Å²) >= 11 is 0. The average Bonchev–Trinajstić information content (AvgIpc) is 3.12. The fraction of sp³-hybridized carbons (Fsp3) is 0.300. The quantitative estimate of drug-likeness (QED) is 0.369. The number of rotatable bonds is 7. The molecule has 0 fully saturated rings. The molecule has 2 aromatic carbocycles. The molecular weight excluding hydrogens is 365 g/mol. The molecule has 148 valence electrons. The monoisotopic (exact) mass is 387 g/mol. The van der Waals surface area contributed by atoms with Crippen LogP contribution in [0.2, 0.25) is 0 Å². The van der Waals surface area contributed by atoms with Gasteiger partial charge in [-0.15, -0.1) is 0 Å². The number of amides is 1. The van der Waals surface area contributed by atoms with Crippen molar-refractivity contribution in [2.75, 3.05) is 13.1 Å². The number of amidine groups is 1. The van der Waals surface area contributed by atoms with Crippen LogP contribution in [0.5, 0.6) is 17.2 Å². The van der Waals surface area contributed by atoms with Gasteiger partial charge in [-0.1, -0.05) is 12.1 Å². The number of nitrogens with zero attached hydrogens (tertiary/aromatic N) is 1. The molecule has 0 aromatic heterocycles. The molecule has 5 N–H and O–H groups in total. The largest absolute Gasteiger partial charge is 0.507 e. The van der Waals surface area contributed by atoms with Gasteiger partial charge in [0, 0.05) is 12.6 Å². The summed E-state index contributed by atoms with van der Waals surface area (Å²) in [6.07, 6.45) is 2.29. The number of unbranched alkanes of at least 4 members (excludes halogenated alkanes) is 1. The van der Waals surface area contributed by atoms with Crippen molar-refractivity contribution in [3.63, 3.8) is 0 Å². The van der Waals surface area contributed by atoms with Crippen molar-refractivity contribution in [1.29, 1.82) is 0 Å². The number of aliphatic imine (C=N–C) groups is 1. The number of hydrogen-bond donors (Lipinski definition) is 5. The van der Waals surface area contributed by atoms with Gasteiger partial charge in [0.1, 0.15) is 23.0 Å². The second-order valence-corrected chi connectivity index (χ2v) is 6.59. The van der Waals surface area contributed by atoms with E-state index in [1.807, 2.05) is 0 Å². The Kier molecular flexibility index (Phi) is 5.98. The Morgan fingerprint density at radius 3 is 2.68 bits per heavy atom. The number of para-hydroxylation sites is 1. The van der Waals surface area contributed by atoms with Crippen LogP contribution in [0.25, 0.3) is 0 Å². The standard InChI is InChI=1S/C20H22FN3O4/c21-14-7-4-8-15(25)17(14)20(28)22-10-2-1-5-12-11-23-19(24-12)13-6-3-9-16(26)18(13)27/h3-4,6-9,12,25-27H,1-2,5,10-11H2,(H,22,28)(H,23,24)/t12-/m0/s1. The molecule has 3 rings (SSSR count). The zero-order chi connectivity index (χ0) is 20.1. The molecule has 0 unspecified atom stereocenters. The van der Waals surface area contributed by atoms with Crippen LogP contribution in [-0.2, 0) is 0 Å². The highest BCUT2D eigenvalue weighted by Gasteiger charge is 2.21. The van der Waals surface area contributed by atoms with E-state index in [0.29, 0.717) is 30.9 Å². The second-order valence-electron chi connectivity index (χ2n) is 6.59. The number of hydrogen-bond acceptors (Lipinski definition) is 6. The molecule has 28 heavy (non-hydrogen) atoms. The first kappa shape index (κ1) is 19.5. The molecule has 0 radical (unpaired) electrons. The van der Waals surface area contributed by atoms with Gasteiger partial charge in [-0.05, 0) is 43.5 Å². The summed E-state index contributed by atoms with van der Waals surface area (Å²) in [6, 6.07) is 8.55. The molecular formula is C20H22FN3O4. The van der Waals surface area contributed by atoms with Crippen LogP contribution in [0.1, 0.15) is 35.2 Å². The van der Waals surface area contributed by atoms with Crippen molar-refractivity contribution in [3.8, 4) is 17.2 Å². The molecule has 1 heterocycles. The normalized spacial score (nSPS) is 15.8. The summed E-state index contributed by atoms with van der Waals surface area (Å²) in [5.74, 6) is -1.63. The lowest BCUT2D eigenvalue weighted by Gasteiger charge is -2.13. The first-order chi connectivity index (χ1) is 13.5. The zero-order valence-electron chi connectivity index (χ0n) is 15.2. The maximum Gasteiger partial charge on any atom is 0.258 e. The van der Waals surface area contributed by atoms with E-state index < -0.39 is 11.7 Å². The van der Waals surface area contributed by atoms with E-state index in [0.717, 1.165) is 18.9 Å². The van der Waals surface area contributed by atoms with Gasteiger partial charge in [-0.2, -0.15) is 0 Å². The highest BCUT2D eigenvalue weighted by molar-refractivity contribution is 6.02. The van der Waals surface area contributed by atoms with Gasteiger partial charge in [-0.3, -0.25) is 9.79 Å². The Bertz CT molecular complexity index is 881. The van der Waals surface area contributed by atoms with Gasteiger partial charge < -0.3 is 26.0 Å². The van der Waals surface area contributed by atoms with Gasteiger partial charge >= 0.3 is 0 Å². The Morgan fingerprint density at radius 1 is 1.14 bits per heavy atom. The van der Waals surface area contributed by atoms with Gasteiger partial charge in [0.25, 0.3) is 5.91 Å². The number of phenolic OH excluding ortho intramolecular Hbond substituents is 3. The smallest absolute Gasteiger partial charge is 0.258 e. The highest BCUT2D eigenvalue weighted by atomic mass is 19.1. The molecule has 8 heteroatoms. The van der Waals surface area contributed by atoms with Crippen LogP contribution < -0.4 is 10.6 Å². The molecule has 0 spiro atoms. The predicted molar refractivity (Wildman–Crippen MR) is 102 cm³/mol. The van der Waals surface area contributed by atoms with Crippen molar-refractivity contribution < 1.29 is 24.5 Å². The predicted octanol–water partition coefficient (Wildman–Crippen LogP) is 2.26. The lowest BCUT2D eigenvalue weighted by molar-refractivity contribution is 0.0946. The van der Waals surface area contributed by atoms with Crippen LogP contribution in [0.15, 0.2) is 41.4 Å². The fourth-order valence-corrected chi connectivity index (χ4v) is 3.08. The van der Waals surface area contributed by atoms with Crippen LogP contribution in [-0.4, -0.2) is 46.2 Å². The Morgan fingerprint density at radius 2 is 1.89 bits per heavy atom. The summed E-state index contributed by atoms with van der Waals surface area (Å²) in [5.41, 5.74) is 0.114. The van der Waals surface area contributed by atoms with Gasteiger partial charge in [0.05, 0.1) is 12.1 Å². The van der Waals surface area contributed by atoms with E-state index in [1.54, 1.807) is 12.1 Å². The summed E-state index contributed by atoms with van der Waals surface area (Å²) < 4.78 is 13.6. The number of aromatic hydroxyl groups is 3. The lowest BCUT2D eigenvalue weighted by Crippen LogP contribution is -2.31. The van der Waals surface area contributed by atoms with Gasteiger partial charge in [0.2, 0.25) is 0 Å². The molecule has 0 aliphatic carbocycles.